The highest BCUT2D eigenvalue weighted by molar-refractivity contribution is 5.66. The number of hydrogen-bond acceptors (Lipinski definition) is 3. The maximum absolute atomic E-state index is 13.3. The van der Waals surface area contributed by atoms with E-state index in [0.29, 0.717) is 5.56 Å². The summed E-state index contributed by atoms with van der Waals surface area (Å²) in [7, 11) is 0. The molecule has 0 amide bonds. The van der Waals surface area contributed by atoms with E-state index < -0.39 is 28.7 Å². The maximum atomic E-state index is 13.3. The molecule has 116 valence electrons. The molecule has 4 nitrogen and oxygen atoms in total. The van der Waals surface area contributed by atoms with E-state index in [9.17, 15) is 23.6 Å². The third-order valence-electron chi connectivity index (χ3n) is 3.69. The van der Waals surface area contributed by atoms with Crippen molar-refractivity contribution in [3.63, 3.8) is 0 Å². The summed E-state index contributed by atoms with van der Waals surface area (Å²) in [6, 6.07) is 11.1. The minimum atomic E-state index is -4.64. The lowest BCUT2D eigenvalue weighted by molar-refractivity contribution is -0.141. The van der Waals surface area contributed by atoms with Crippen LogP contribution in [0.2, 0.25) is 0 Å². The Bertz CT molecular complexity index is 705. The average molecular weight is 310 g/mol. The van der Waals surface area contributed by atoms with E-state index >= 15 is 0 Å². The van der Waals surface area contributed by atoms with Gasteiger partial charge < -0.3 is 10.4 Å². The predicted molar refractivity (Wildman–Crippen MR) is 74.9 cm³/mol. The fourth-order valence-corrected chi connectivity index (χ4v) is 2.78. The Labute approximate surface area is 124 Å². The van der Waals surface area contributed by atoms with Crippen LogP contribution in [0, 0.1) is 5.21 Å². The molecular weight excluding hydrogens is 297 g/mol. The lowest BCUT2D eigenvalue weighted by Gasteiger charge is -2.47. The molecular formula is C15H13F3N2O2. The Morgan fingerprint density at radius 2 is 1.59 bits per heavy atom. The van der Waals surface area contributed by atoms with Crippen molar-refractivity contribution in [2.75, 3.05) is 6.67 Å². The molecule has 0 aromatic heterocycles. The average Bonchev–Trinajstić information content (AvgIpc) is 2.46. The van der Waals surface area contributed by atoms with Crippen LogP contribution in [0.1, 0.15) is 11.1 Å². The number of halogens is 3. The molecule has 1 N–H and O–H groups in total. The smallest absolute Gasteiger partial charge is 0.422 e. The Hall–Kier alpha value is -1.93. The first-order valence-electron chi connectivity index (χ1n) is 6.60. The fourth-order valence-electron chi connectivity index (χ4n) is 2.78. The van der Waals surface area contributed by atoms with Gasteiger partial charge in [-0.2, -0.15) is 13.2 Å². The van der Waals surface area contributed by atoms with Gasteiger partial charge in [-0.05, 0) is 6.07 Å². The number of para-hydroxylation sites is 2. The molecule has 0 spiro atoms. The fraction of sp³-hybridized carbons (Fsp3) is 0.200. The number of alkyl halides is 3. The Kier molecular flexibility index (Phi) is 3.45. The number of fused-ring (bicyclic) bond motifs is 1. The highest BCUT2D eigenvalue weighted by atomic mass is 19.4. The molecule has 0 fully saturated rings. The third kappa shape index (κ3) is 2.38. The normalized spacial score (nSPS) is 22.4. The Morgan fingerprint density at radius 3 is 2.27 bits per heavy atom. The van der Waals surface area contributed by atoms with Crippen molar-refractivity contribution in [1.82, 2.24) is 9.71 Å². The summed E-state index contributed by atoms with van der Waals surface area (Å²) in [6.45, 7) is -0.392. The number of hydroxylamine groups is 3. The molecule has 0 aliphatic carbocycles. The number of benzene rings is 2. The van der Waals surface area contributed by atoms with E-state index in [1.54, 1.807) is 18.2 Å². The first-order chi connectivity index (χ1) is 10.3. The highest BCUT2D eigenvalue weighted by Gasteiger charge is 2.42. The van der Waals surface area contributed by atoms with E-state index in [4.69, 9.17) is 0 Å². The summed E-state index contributed by atoms with van der Waals surface area (Å²) >= 11 is 0. The molecule has 1 heterocycles. The molecule has 0 saturated carbocycles. The molecule has 22 heavy (non-hydrogen) atoms. The van der Waals surface area contributed by atoms with E-state index in [1.807, 2.05) is 0 Å². The second-order valence-electron chi connectivity index (χ2n) is 5.19. The van der Waals surface area contributed by atoms with Gasteiger partial charge in [-0.25, -0.2) is 0 Å². The van der Waals surface area contributed by atoms with Gasteiger partial charge in [-0.15, -0.1) is 5.06 Å². The highest BCUT2D eigenvalue weighted by Crippen LogP contribution is 2.45. The SMILES string of the molecule is [O-][N+]1(c2ccccc2C(F)(F)F)CN(O)Cc2ccccc21. The number of quaternary nitrogens is 1. The van der Waals surface area contributed by atoms with Crippen LogP contribution in [0.5, 0.6) is 0 Å². The molecule has 1 aliphatic rings. The van der Waals surface area contributed by atoms with Crippen LogP contribution in [0.3, 0.4) is 0 Å². The molecule has 0 bridgehead atoms. The second-order valence-corrected chi connectivity index (χ2v) is 5.19. The van der Waals surface area contributed by atoms with Gasteiger partial charge in [-0.1, -0.05) is 30.3 Å². The van der Waals surface area contributed by atoms with E-state index in [2.05, 4.69) is 0 Å². The molecule has 2 aromatic rings. The van der Waals surface area contributed by atoms with Crippen LogP contribution in [-0.2, 0) is 12.7 Å². The van der Waals surface area contributed by atoms with Gasteiger partial charge in [-0.3, -0.25) is 4.65 Å². The van der Waals surface area contributed by atoms with Crippen molar-refractivity contribution in [1.29, 1.82) is 0 Å². The molecule has 1 aliphatic heterocycles. The van der Waals surface area contributed by atoms with Gasteiger partial charge in [0, 0.05) is 17.7 Å². The summed E-state index contributed by atoms with van der Waals surface area (Å²) < 4.78 is 38.3. The van der Waals surface area contributed by atoms with Gasteiger partial charge in [0.25, 0.3) is 0 Å². The predicted octanol–water partition coefficient (Wildman–Crippen LogP) is 4.00. The number of rotatable bonds is 1. The van der Waals surface area contributed by atoms with Crippen molar-refractivity contribution < 1.29 is 18.4 Å². The zero-order valence-electron chi connectivity index (χ0n) is 11.4. The van der Waals surface area contributed by atoms with Gasteiger partial charge in [0.2, 0.25) is 0 Å². The molecule has 1 atom stereocenters. The molecule has 0 radical (unpaired) electrons. The first kappa shape index (κ1) is 15.0. The second kappa shape index (κ2) is 5.06. The quantitative estimate of drug-likeness (QED) is 0.639. The van der Waals surface area contributed by atoms with Crippen molar-refractivity contribution in [2.24, 2.45) is 0 Å². The lowest BCUT2D eigenvalue weighted by atomic mass is 10.1. The Balaban J connectivity index is 2.24. The Morgan fingerprint density at radius 1 is 1.00 bits per heavy atom. The molecule has 7 heteroatoms. The summed E-state index contributed by atoms with van der Waals surface area (Å²) in [5.41, 5.74) is -0.705. The third-order valence-corrected chi connectivity index (χ3v) is 3.69. The summed E-state index contributed by atoms with van der Waals surface area (Å²) in [4.78, 5) is 0. The molecule has 1 unspecified atom stereocenters. The van der Waals surface area contributed by atoms with Crippen LogP contribution in [0.25, 0.3) is 0 Å². The van der Waals surface area contributed by atoms with Crippen molar-refractivity contribution in [3.8, 4) is 0 Å². The van der Waals surface area contributed by atoms with Crippen LogP contribution < -0.4 is 4.65 Å². The van der Waals surface area contributed by atoms with Gasteiger partial charge in [0.15, 0.2) is 12.4 Å². The maximum Gasteiger partial charge on any atom is 0.422 e. The van der Waals surface area contributed by atoms with Gasteiger partial charge in [0.1, 0.15) is 11.3 Å². The monoisotopic (exact) mass is 310 g/mol. The van der Waals surface area contributed by atoms with Crippen molar-refractivity contribution in [3.05, 3.63) is 64.9 Å². The van der Waals surface area contributed by atoms with E-state index in [-0.39, 0.29) is 12.2 Å². The van der Waals surface area contributed by atoms with Crippen molar-refractivity contribution >= 4 is 11.4 Å². The standard InChI is InChI=1S/C15H13F3N2O2/c16-15(17,18)12-6-2-4-8-14(12)20(22)10-19(21)9-11-5-1-3-7-13(11)20/h1-8,21H,9-10H2. The number of nitrogens with zero attached hydrogens (tertiary/aromatic N) is 2. The summed E-state index contributed by atoms with van der Waals surface area (Å²) in [5.74, 6) is 0. The van der Waals surface area contributed by atoms with Crippen LogP contribution in [-0.4, -0.2) is 16.9 Å². The zero-order chi connectivity index (χ0) is 16.0. The van der Waals surface area contributed by atoms with Gasteiger partial charge >= 0.3 is 6.18 Å². The molecule has 0 saturated heterocycles. The van der Waals surface area contributed by atoms with Crippen molar-refractivity contribution in [2.45, 2.75) is 12.7 Å². The molecule has 3 rings (SSSR count). The van der Waals surface area contributed by atoms with Crippen LogP contribution in [0.15, 0.2) is 48.5 Å². The largest absolute Gasteiger partial charge is 0.621 e. The summed E-state index contributed by atoms with van der Waals surface area (Å²) in [6.07, 6.45) is -4.64. The zero-order valence-corrected chi connectivity index (χ0v) is 11.4. The van der Waals surface area contributed by atoms with Gasteiger partial charge in [0.05, 0.1) is 6.54 Å². The minimum Gasteiger partial charge on any atom is -0.621 e. The lowest BCUT2D eigenvalue weighted by Crippen LogP contribution is -2.50. The minimum absolute atomic E-state index is 0.104. The van der Waals surface area contributed by atoms with E-state index in [1.165, 1.54) is 18.2 Å². The topological polar surface area (TPSA) is 46.5 Å². The number of hydrogen-bond donors (Lipinski definition) is 1. The van der Waals surface area contributed by atoms with Crippen LogP contribution in [0.4, 0.5) is 24.5 Å². The molecule has 2 aromatic carbocycles. The van der Waals surface area contributed by atoms with Crippen LogP contribution >= 0.6 is 0 Å². The summed E-state index contributed by atoms with van der Waals surface area (Å²) in [5, 5.41) is 23.8. The van der Waals surface area contributed by atoms with E-state index in [0.717, 1.165) is 17.2 Å². The first-order valence-corrected chi connectivity index (χ1v) is 6.60.